The number of nitrogens with one attached hydrogen (secondary N) is 1. The fraction of sp³-hybridized carbons (Fsp3) is 1.00. The van der Waals surface area contributed by atoms with Gasteiger partial charge in [0.1, 0.15) is 0 Å². The standard InChI is InChI=1S/C35H75N3O2/c1-3-5-7-9-11-13-15-17-19-21-23-25-33-38(35(39,40)29-27-31-37-32-28-30-36)34-26-24-22-20-18-16-14-12-10-8-6-4-2/h37,39-40H,3-34,36H2,1-2H3. The summed E-state index contributed by atoms with van der Waals surface area (Å²) in [6, 6.07) is 0. The Morgan fingerprint density at radius 3 is 1.15 bits per heavy atom. The predicted octanol–water partition coefficient (Wildman–Crippen LogP) is 9.05. The first-order valence-electron chi connectivity index (χ1n) is 18.2. The minimum absolute atomic E-state index is 0.402. The summed E-state index contributed by atoms with van der Waals surface area (Å²) in [5, 5.41) is 25.3. The van der Waals surface area contributed by atoms with Crippen LogP contribution in [0.4, 0.5) is 0 Å². The molecule has 0 atom stereocenters. The molecule has 5 heteroatoms. The van der Waals surface area contributed by atoms with Gasteiger partial charge in [0.15, 0.2) is 0 Å². The third-order valence-electron chi connectivity index (χ3n) is 8.49. The van der Waals surface area contributed by atoms with Crippen LogP contribution in [-0.4, -0.2) is 53.7 Å². The van der Waals surface area contributed by atoms with E-state index >= 15 is 0 Å². The van der Waals surface area contributed by atoms with Gasteiger partial charge < -0.3 is 21.3 Å². The second kappa shape index (κ2) is 31.7. The fourth-order valence-electron chi connectivity index (χ4n) is 5.72. The molecule has 0 aromatic heterocycles. The molecule has 0 saturated heterocycles. The minimum atomic E-state index is -1.69. The Kier molecular flexibility index (Phi) is 31.6. The monoisotopic (exact) mass is 570 g/mol. The number of rotatable bonds is 34. The molecule has 0 aromatic carbocycles. The maximum absolute atomic E-state index is 11.0. The lowest BCUT2D eigenvalue weighted by atomic mass is 10.0. The molecule has 5 N–H and O–H groups in total. The van der Waals surface area contributed by atoms with Gasteiger partial charge in [0.25, 0.3) is 0 Å². The van der Waals surface area contributed by atoms with Gasteiger partial charge in [-0.3, -0.25) is 4.90 Å². The Morgan fingerprint density at radius 1 is 0.475 bits per heavy atom. The molecule has 0 radical (unpaired) electrons. The van der Waals surface area contributed by atoms with Crippen molar-refractivity contribution < 1.29 is 10.2 Å². The van der Waals surface area contributed by atoms with Crippen molar-refractivity contribution in [1.29, 1.82) is 0 Å². The minimum Gasteiger partial charge on any atom is -0.353 e. The number of nitrogens with zero attached hydrogens (tertiary/aromatic N) is 1. The van der Waals surface area contributed by atoms with Crippen LogP contribution in [0.5, 0.6) is 0 Å². The number of unbranched alkanes of at least 4 members (excludes halogenated alkanes) is 22. The predicted molar refractivity (Wildman–Crippen MR) is 177 cm³/mol. The van der Waals surface area contributed by atoms with Crippen molar-refractivity contribution in [1.82, 2.24) is 10.2 Å². The SMILES string of the molecule is CCCCCCCCCCCCCCN(CCCCCCCCCCCCCC)C(O)(O)CCCNCCCN. The van der Waals surface area contributed by atoms with Crippen molar-refractivity contribution >= 4 is 0 Å². The van der Waals surface area contributed by atoms with E-state index in [-0.39, 0.29) is 0 Å². The van der Waals surface area contributed by atoms with Gasteiger partial charge in [-0.2, -0.15) is 0 Å². The van der Waals surface area contributed by atoms with Gasteiger partial charge >= 0.3 is 0 Å². The van der Waals surface area contributed by atoms with Gasteiger partial charge in [-0.1, -0.05) is 155 Å². The summed E-state index contributed by atoms with van der Waals surface area (Å²) in [5.74, 6) is -1.69. The van der Waals surface area contributed by atoms with Crippen molar-refractivity contribution in [2.24, 2.45) is 5.73 Å². The lowest BCUT2D eigenvalue weighted by Crippen LogP contribution is -2.50. The van der Waals surface area contributed by atoms with Crippen LogP contribution in [0.1, 0.15) is 187 Å². The highest BCUT2D eigenvalue weighted by Gasteiger charge is 2.30. The quantitative estimate of drug-likeness (QED) is 0.0459. The molecule has 0 spiro atoms. The molecule has 0 unspecified atom stereocenters. The second-order valence-electron chi connectivity index (χ2n) is 12.5. The topological polar surface area (TPSA) is 81.8 Å². The van der Waals surface area contributed by atoms with Gasteiger partial charge in [0.05, 0.1) is 0 Å². The Bertz CT molecular complexity index is 448. The molecular formula is C35H75N3O2. The highest BCUT2D eigenvalue weighted by atomic mass is 16.5. The highest BCUT2D eigenvalue weighted by Crippen LogP contribution is 2.20. The molecule has 242 valence electrons. The molecule has 0 aromatic rings. The summed E-state index contributed by atoms with van der Waals surface area (Å²) in [6.45, 7) is 8.57. The summed E-state index contributed by atoms with van der Waals surface area (Å²) in [6.07, 6.45) is 34.0. The van der Waals surface area contributed by atoms with Crippen LogP contribution in [0, 0.1) is 0 Å². The van der Waals surface area contributed by atoms with Gasteiger partial charge in [-0.15, -0.1) is 0 Å². The Labute approximate surface area is 251 Å². The Morgan fingerprint density at radius 2 is 0.800 bits per heavy atom. The van der Waals surface area contributed by atoms with Gasteiger partial charge in [0, 0.05) is 19.5 Å². The summed E-state index contributed by atoms with van der Waals surface area (Å²) in [7, 11) is 0. The number of aliphatic hydroxyl groups is 2. The smallest absolute Gasteiger partial charge is 0.224 e. The molecule has 0 bridgehead atoms. The molecule has 0 fully saturated rings. The molecule has 0 aliphatic rings. The first kappa shape index (κ1) is 39.8. The third kappa shape index (κ3) is 27.9. The van der Waals surface area contributed by atoms with Crippen LogP contribution < -0.4 is 11.1 Å². The molecule has 0 aliphatic heterocycles. The van der Waals surface area contributed by atoms with E-state index in [4.69, 9.17) is 5.73 Å². The second-order valence-corrected chi connectivity index (χ2v) is 12.5. The van der Waals surface area contributed by atoms with Crippen molar-refractivity contribution in [3.05, 3.63) is 0 Å². The van der Waals surface area contributed by atoms with Crippen LogP contribution >= 0.6 is 0 Å². The lowest BCUT2D eigenvalue weighted by molar-refractivity contribution is -0.268. The maximum atomic E-state index is 11.0. The third-order valence-corrected chi connectivity index (χ3v) is 8.49. The molecule has 0 heterocycles. The molecule has 0 amide bonds. The number of hydrogen-bond acceptors (Lipinski definition) is 5. The maximum Gasteiger partial charge on any atom is 0.224 e. The molecule has 40 heavy (non-hydrogen) atoms. The first-order valence-corrected chi connectivity index (χ1v) is 18.2. The van der Waals surface area contributed by atoms with Crippen LogP contribution in [0.3, 0.4) is 0 Å². The summed E-state index contributed by atoms with van der Waals surface area (Å²) < 4.78 is 0. The number of hydrogen-bond donors (Lipinski definition) is 4. The summed E-state index contributed by atoms with van der Waals surface area (Å²) >= 11 is 0. The molecule has 0 aliphatic carbocycles. The van der Waals surface area contributed by atoms with E-state index in [1.54, 1.807) is 0 Å². The normalized spacial score (nSPS) is 12.2. The van der Waals surface area contributed by atoms with Crippen molar-refractivity contribution in [2.75, 3.05) is 32.7 Å². The van der Waals surface area contributed by atoms with Crippen molar-refractivity contribution in [3.63, 3.8) is 0 Å². The van der Waals surface area contributed by atoms with Crippen LogP contribution in [0.25, 0.3) is 0 Å². The van der Waals surface area contributed by atoms with Gasteiger partial charge in [0.2, 0.25) is 5.91 Å². The largest absolute Gasteiger partial charge is 0.353 e. The van der Waals surface area contributed by atoms with E-state index in [1.165, 1.54) is 141 Å². The highest BCUT2D eigenvalue weighted by molar-refractivity contribution is 4.70. The summed E-state index contributed by atoms with van der Waals surface area (Å²) in [5.41, 5.74) is 5.56. The van der Waals surface area contributed by atoms with Crippen LogP contribution in [-0.2, 0) is 0 Å². The zero-order chi connectivity index (χ0) is 29.4. The van der Waals surface area contributed by atoms with E-state index in [2.05, 4.69) is 19.2 Å². The van der Waals surface area contributed by atoms with E-state index in [1.807, 2.05) is 4.90 Å². The van der Waals surface area contributed by atoms with E-state index in [9.17, 15) is 10.2 Å². The van der Waals surface area contributed by atoms with Crippen LogP contribution in [0.15, 0.2) is 0 Å². The van der Waals surface area contributed by atoms with Gasteiger partial charge in [-0.25, -0.2) is 0 Å². The number of nitrogens with two attached hydrogens (primary N) is 1. The average molecular weight is 570 g/mol. The van der Waals surface area contributed by atoms with Crippen molar-refractivity contribution in [3.8, 4) is 0 Å². The summed E-state index contributed by atoms with van der Waals surface area (Å²) in [4.78, 5) is 1.97. The van der Waals surface area contributed by atoms with E-state index in [0.717, 1.165) is 51.9 Å². The van der Waals surface area contributed by atoms with Gasteiger partial charge in [-0.05, 0) is 45.3 Å². The Hall–Kier alpha value is -0.200. The van der Waals surface area contributed by atoms with Crippen molar-refractivity contribution in [2.45, 2.75) is 193 Å². The molecular weight excluding hydrogens is 494 g/mol. The first-order chi connectivity index (χ1) is 19.6. The fourth-order valence-corrected chi connectivity index (χ4v) is 5.72. The zero-order valence-corrected chi connectivity index (χ0v) is 27.5. The van der Waals surface area contributed by atoms with Crippen LogP contribution in [0.2, 0.25) is 0 Å². The Balaban J connectivity index is 4.14. The van der Waals surface area contributed by atoms with E-state index in [0.29, 0.717) is 13.0 Å². The average Bonchev–Trinajstić information content (AvgIpc) is 2.94. The van der Waals surface area contributed by atoms with E-state index < -0.39 is 5.91 Å². The zero-order valence-electron chi connectivity index (χ0n) is 27.5. The molecule has 0 rings (SSSR count). The molecule has 5 nitrogen and oxygen atoms in total. The molecule has 0 saturated carbocycles. The lowest BCUT2D eigenvalue weighted by Gasteiger charge is -2.35.